The number of nitrogens with zero attached hydrogens (tertiary/aromatic N) is 4. The molecule has 1 atom stereocenters. The number of hydrogen-bond acceptors (Lipinski definition) is 4. The van der Waals surface area contributed by atoms with E-state index in [4.69, 9.17) is 5.11 Å². The summed E-state index contributed by atoms with van der Waals surface area (Å²) in [6.45, 7) is 5.36. The average Bonchev–Trinajstić information content (AvgIpc) is 3.02. The number of aliphatic hydroxyl groups excluding tert-OH is 1. The van der Waals surface area contributed by atoms with Crippen LogP contribution in [0.4, 0.5) is 0 Å². The third-order valence-electron chi connectivity index (χ3n) is 4.37. The van der Waals surface area contributed by atoms with E-state index in [1.807, 2.05) is 10.9 Å². The normalized spacial score (nSPS) is 19.5. The lowest BCUT2D eigenvalue weighted by Gasteiger charge is -2.32. The number of aryl methyl sites for hydroxylation is 1. The average molecular weight is 300 g/mol. The van der Waals surface area contributed by atoms with Crippen molar-refractivity contribution in [3.05, 3.63) is 47.3 Å². The topological polar surface area (TPSA) is 54.2 Å². The largest absolute Gasteiger partial charge is 0.390 e. The minimum Gasteiger partial charge on any atom is -0.390 e. The summed E-state index contributed by atoms with van der Waals surface area (Å²) in [6.07, 6.45) is 5.28. The Balaban J connectivity index is 1.56. The van der Waals surface area contributed by atoms with Crippen LogP contribution in [0.25, 0.3) is 0 Å². The fourth-order valence-corrected chi connectivity index (χ4v) is 3.17. The third-order valence-corrected chi connectivity index (χ3v) is 4.37. The van der Waals surface area contributed by atoms with Crippen molar-refractivity contribution in [1.82, 2.24) is 19.9 Å². The van der Waals surface area contributed by atoms with Gasteiger partial charge in [-0.2, -0.15) is 0 Å². The molecular weight excluding hydrogens is 276 g/mol. The molecule has 22 heavy (non-hydrogen) atoms. The lowest BCUT2D eigenvalue weighted by Crippen LogP contribution is -2.38. The highest BCUT2D eigenvalue weighted by molar-refractivity contribution is 5.22. The summed E-state index contributed by atoms with van der Waals surface area (Å²) < 4.78 is 1.92. The summed E-state index contributed by atoms with van der Waals surface area (Å²) in [5.41, 5.74) is 3.38. The Morgan fingerprint density at radius 2 is 2.27 bits per heavy atom. The Labute approximate surface area is 131 Å². The molecule has 0 aliphatic carbocycles. The van der Waals surface area contributed by atoms with Crippen LogP contribution >= 0.6 is 0 Å². The first-order valence-electron chi connectivity index (χ1n) is 8.04. The molecule has 1 N–H and O–H groups in total. The molecule has 1 unspecified atom stereocenters. The van der Waals surface area contributed by atoms with Crippen molar-refractivity contribution in [2.24, 2.45) is 0 Å². The van der Waals surface area contributed by atoms with Crippen molar-refractivity contribution in [3.63, 3.8) is 0 Å². The van der Waals surface area contributed by atoms with Gasteiger partial charge in [0.15, 0.2) is 0 Å². The molecule has 1 aliphatic rings. The van der Waals surface area contributed by atoms with Gasteiger partial charge in [-0.1, -0.05) is 35.0 Å². The Bertz CT molecular complexity index is 610. The molecule has 1 fully saturated rings. The molecule has 0 spiro atoms. The fourth-order valence-electron chi connectivity index (χ4n) is 3.17. The number of aliphatic hydroxyl groups is 1. The van der Waals surface area contributed by atoms with Crippen molar-refractivity contribution in [3.8, 4) is 0 Å². The van der Waals surface area contributed by atoms with E-state index in [0.29, 0.717) is 11.7 Å². The number of benzene rings is 1. The number of piperidine rings is 1. The molecule has 1 aromatic carbocycles. The quantitative estimate of drug-likeness (QED) is 0.917. The minimum atomic E-state index is -0.0379. The number of rotatable bonds is 5. The standard InChI is InChI=1S/C17H24N4O/c1-14-4-2-5-15(10-14)7-9-20-8-3-6-17(12-20)21-11-16(13-22)18-19-21/h2,4-5,10-11,17,22H,3,6-9,12-13H2,1H3. The van der Waals surface area contributed by atoms with Crippen molar-refractivity contribution >= 4 is 0 Å². The van der Waals surface area contributed by atoms with E-state index in [9.17, 15) is 0 Å². The Hall–Kier alpha value is -1.72. The van der Waals surface area contributed by atoms with Crippen molar-refractivity contribution in [1.29, 1.82) is 0 Å². The minimum absolute atomic E-state index is 0.0379. The molecule has 1 saturated heterocycles. The molecular formula is C17H24N4O. The van der Waals surface area contributed by atoms with Crippen LogP contribution in [0.2, 0.25) is 0 Å². The first-order chi connectivity index (χ1) is 10.7. The SMILES string of the molecule is Cc1cccc(CCN2CCCC(n3cc(CO)nn3)C2)c1. The van der Waals surface area contributed by atoms with Crippen LogP contribution in [0.3, 0.4) is 0 Å². The molecule has 0 radical (unpaired) electrons. The molecule has 2 heterocycles. The lowest BCUT2D eigenvalue weighted by atomic mass is 10.0. The number of likely N-dealkylation sites (tertiary alicyclic amines) is 1. The van der Waals surface area contributed by atoms with Gasteiger partial charge in [0.25, 0.3) is 0 Å². The highest BCUT2D eigenvalue weighted by Crippen LogP contribution is 2.21. The molecule has 118 valence electrons. The van der Waals surface area contributed by atoms with E-state index in [1.165, 1.54) is 17.5 Å². The van der Waals surface area contributed by atoms with Gasteiger partial charge in [0.05, 0.1) is 18.8 Å². The lowest BCUT2D eigenvalue weighted by molar-refractivity contribution is 0.170. The summed E-state index contributed by atoms with van der Waals surface area (Å²) in [5, 5.41) is 17.2. The summed E-state index contributed by atoms with van der Waals surface area (Å²) in [7, 11) is 0. The van der Waals surface area contributed by atoms with Crippen molar-refractivity contribution in [2.45, 2.75) is 38.8 Å². The van der Waals surface area contributed by atoms with Crippen LogP contribution < -0.4 is 0 Å². The zero-order valence-electron chi connectivity index (χ0n) is 13.1. The van der Waals surface area contributed by atoms with E-state index >= 15 is 0 Å². The maximum Gasteiger partial charge on any atom is 0.108 e. The van der Waals surface area contributed by atoms with E-state index in [1.54, 1.807) is 0 Å². The van der Waals surface area contributed by atoms with Gasteiger partial charge in [-0.05, 0) is 38.3 Å². The maximum absolute atomic E-state index is 9.11. The number of aromatic nitrogens is 3. The van der Waals surface area contributed by atoms with Gasteiger partial charge in [-0.3, -0.25) is 0 Å². The van der Waals surface area contributed by atoms with E-state index in [0.717, 1.165) is 32.5 Å². The zero-order valence-corrected chi connectivity index (χ0v) is 13.1. The summed E-state index contributed by atoms with van der Waals surface area (Å²) >= 11 is 0. The first-order valence-corrected chi connectivity index (χ1v) is 8.04. The summed E-state index contributed by atoms with van der Waals surface area (Å²) in [4.78, 5) is 2.51. The molecule has 3 rings (SSSR count). The molecule has 0 amide bonds. The summed E-state index contributed by atoms with van der Waals surface area (Å²) in [5.74, 6) is 0. The molecule has 2 aromatic rings. The fraction of sp³-hybridized carbons (Fsp3) is 0.529. The van der Waals surface area contributed by atoms with E-state index in [-0.39, 0.29) is 6.61 Å². The van der Waals surface area contributed by atoms with Crippen molar-refractivity contribution in [2.75, 3.05) is 19.6 Å². The molecule has 1 aliphatic heterocycles. The van der Waals surface area contributed by atoms with Crippen LogP contribution in [0.5, 0.6) is 0 Å². The molecule has 5 heteroatoms. The Kier molecular flexibility index (Phi) is 4.85. The molecule has 5 nitrogen and oxygen atoms in total. The van der Waals surface area contributed by atoms with Crippen LogP contribution in [-0.2, 0) is 13.0 Å². The predicted octanol–water partition coefficient (Wildman–Crippen LogP) is 1.96. The third kappa shape index (κ3) is 3.72. The Morgan fingerprint density at radius 3 is 3.05 bits per heavy atom. The van der Waals surface area contributed by atoms with Crippen LogP contribution in [0.1, 0.15) is 35.7 Å². The van der Waals surface area contributed by atoms with Gasteiger partial charge < -0.3 is 10.0 Å². The van der Waals surface area contributed by atoms with Gasteiger partial charge in [0, 0.05) is 13.1 Å². The predicted molar refractivity (Wildman–Crippen MR) is 85.5 cm³/mol. The second-order valence-corrected chi connectivity index (χ2v) is 6.18. The van der Waals surface area contributed by atoms with Gasteiger partial charge >= 0.3 is 0 Å². The first kappa shape index (κ1) is 15.2. The molecule has 0 saturated carbocycles. The van der Waals surface area contributed by atoms with Gasteiger partial charge in [0.2, 0.25) is 0 Å². The number of hydrogen-bond donors (Lipinski definition) is 1. The molecule has 1 aromatic heterocycles. The van der Waals surface area contributed by atoms with Gasteiger partial charge in [-0.25, -0.2) is 4.68 Å². The van der Waals surface area contributed by atoms with Crippen LogP contribution in [-0.4, -0.2) is 44.6 Å². The second kappa shape index (κ2) is 7.03. The van der Waals surface area contributed by atoms with E-state index < -0.39 is 0 Å². The van der Waals surface area contributed by atoms with Gasteiger partial charge in [0.1, 0.15) is 5.69 Å². The Morgan fingerprint density at radius 1 is 1.36 bits per heavy atom. The highest BCUT2D eigenvalue weighted by Gasteiger charge is 2.22. The van der Waals surface area contributed by atoms with Crippen LogP contribution in [0, 0.1) is 6.92 Å². The van der Waals surface area contributed by atoms with E-state index in [2.05, 4.69) is 46.4 Å². The van der Waals surface area contributed by atoms with Gasteiger partial charge in [-0.15, -0.1) is 5.10 Å². The highest BCUT2D eigenvalue weighted by atomic mass is 16.3. The van der Waals surface area contributed by atoms with Crippen molar-refractivity contribution < 1.29 is 5.11 Å². The monoisotopic (exact) mass is 300 g/mol. The van der Waals surface area contributed by atoms with Crippen LogP contribution in [0.15, 0.2) is 30.5 Å². The second-order valence-electron chi connectivity index (χ2n) is 6.18. The zero-order chi connectivity index (χ0) is 15.4. The maximum atomic E-state index is 9.11. The smallest absolute Gasteiger partial charge is 0.108 e. The molecule has 0 bridgehead atoms. The summed E-state index contributed by atoms with van der Waals surface area (Å²) in [6, 6.07) is 9.13.